The summed E-state index contributed by atoms with van der Waals surface area (Å²) in [5.41, 5.74) is 2.33. The molecule has 0 radical (unpaired) electrons. The first kappa shape index (κ1) is 13.5. The van der Waals surface area contributed by atoms with E-state index in [1.165, 1.54) is 16.3 Å². The van der Waals surface area contributed by atoms with Gasteiger partial charge in [0, 0.05) is 27.1 Å². The first-order valence-corrected chi connectivity index (χ1v) is 7.57. The maximum Gasteiger partial charge on any atom is 0.0422 e. The summed E-state index contributed by atoms with van der Waals surface area (Å²) in [5, 5.41) is 6.71. The zero-order valence-electron chi connectivity index (χ0n) is 10.7. The smallest absolute Gasteiger partial charge is 0.0422 e. The fraction of sp³-hybridized carbons (Fsp3) is 0.0588. The minimum atomic E-state index is 0.741. The molecule has 0 fully saturated rings. The quantitative estimate of drug-likeness (QED) is 0.625. The minimum Gasteiger partial charge on any atom is -0.380 e. The molecule has 0 aromatic heterocycles. The summed E-state index contributed by atoms with van der Waals surface area (Å²) < 4.78 is 1.03. The number of fused-ring (bicyclic) bond motifs is 1. The van der Waals surface area contributed by atoms with Crippen molar-refractivity contribution in [3.05, 3.63) is 75.7 Å². The zero-order chi connectivity index (χ0) is 13.9. The molecule has 3 rings (SSSR count). The molecule has 100 valence electrons. The Balaban J connectivity index is 1.87. The summed E-state index contributed by atoms with van der Waals surface area (Å²) in [6.07, 6.45) is 0. The van der Waals surface area contributed by atoms with Crippen molar-refractivity contribution in [1.82, 2.24) is 0 Å². The molecule has 1 N–H and O–H groups in total. The molecule has 0 amide bonds. The Labute approximate surface area is 131 Å². The Morgan fingerprint density at radius 2 is 1.75 bits per heavy atom. The third-order valence-corrected chi connectivity index (χ3v) is 4.25. The van der Waals surface area contributed by atoms with Gasteiger partial charge >= 0.3 is 0 Å². The van der Waals surface area contributed by atoms with Gasteiger partial charge in [0.2, 0.25) is 0 Å². The molecule has 0 saturated heterocycles. The van der Waals surface area contributed by atoms with Gasteiger partial charge in [0.15, 0.2) is 0 Å². The monoisotopic (exact) mass is 345 g/mol. The molecule has 0 unspecified atom stereocenters. The minimum absolute atomic E-state index is 0.741. The van der Waals surface area contributed by atoms with Gasteiger partial charge in [-0.2, -0.15) is 0 Å². The second-order valence-corrected chi connectivity index (χ2v) is 5.91. The van der Waals surface area contributed by atoms with Crippen molar-refractivity contribution in [1.29, 1.82) is 0 Å². The van der Waals surface area contributed by atoms with Crippen LogP contribution in [0, 0.1) is 0 Å². The normalized spacial score (nSPS) is 10.7. The highest BCUT2D eigenvalue weighted by Crippen LogP contribution is 2.26. The summed E-state index contributed by atoms with van der Waals surface area (Å²) in [4.78, 5) is 0. The van der Waals surface area contributed by atoms with Crippen molar-refractivity contribution < 1.29 is 0 Å². The molecule has 20 heavy (non-hydrogen) atoms. The molecule has 3 heteroatoms. The first-order chi connectivity index (χ1) is 9.74. The van der Waals surface area contributed by atoms with E-state index in [2.05, 4.69) is 63.7 Å². The van der Waals surface area contributed by atoms with E-state index in [0.717, 1.165) is 21.7 Å². The lowest BCUT2D eigenvalue weighted by Gasteiger charge is -2.11. The number of rotatable bonds is 3. The van der Waals surface area contributed by atoms with E-state index in [9.17, 15) is 0 Å². The molecule has 3 aromatic rings. The molecule has 3 aromatic carbocycles. The van der Waals surface area contributed by atoms with Crippen LogP contribution >= 0.6 is 27.5 Å². The van der Waals surface area contributed by atoms with Crippen LogP contribution in [0.25, 0.3) is 10.8 Å². The van der Waals surface area contributed by atoms with Gasteiger partial charge < -0.3 is 5.32 Å². The fourth-order valence-electron chi connectivity index (χ4n) is 2.24. The summed E-state index contributed by atoms with van der Waals surface area (Å²) in [7, 11) is 0. The molecule has 1 nitrogen and oxygen atoms in total. The predicted octanol–water partition coefficient (Wildman–Crippen LogP) is 5.87. The van der Waals surface area contributed by atoms with Gasteiger partial charge in [0.05, 0.1) is 0 Å². The number of hydrogen-bond donors (Lipinski definition) is 1. The van der Waals surface area contributed by atoms with Crippen LogP contribution in [0.5, 0.6) is 0 Å². The molecular formula is C17H13BrClN. The van der Waals surface area contributed by atoms with Gasteiger partial charge in [0.25, 0.3) is 0 Å². The molecule has 0 atom stereocenters. The molecule has 0 saturated carbocycles. The van der Waals surface area contributed by atoms with Crippen LogP contribution in [0.4, 0.5) is 5.69 Å². The van der Waals surface area contributed by atoms with Crippen LogP contribution in [-0.4, -0.2) is 0 Å². The van der Waals surface area contributed by atoms with Crippen molar-refractivity contribution in [3.63, 3.8) is 0 Å². The van der Waals surface area contributed by atoms with Gasteiger partial charge in [-0.25, -0.2) is 0 Å². The van der Waals surface area contributed by atoms with Gasteiger partial charge in [-0.1, -0.05) is 70.0 Å². The number of hydrogen-bond acceptors (Lipinski definition) is 1. The van der Waals surface area contributed by atoms with Crippen LogP contribution in [0.15, 0.2) is 65.1 Å². The summed E-state index contributed by atoms with van der Waals surface area (Å²) in [6.45, 7) is 0.756. The van der Waals surface area contributed by atoms with Crippen molar-refractivity contribution in [2.45, 2.75) is 6.54 Å². The molecule has 0 aliphatic rings. The Kier molecular flexibility index (Phi) is 3.95. The summed E-state index contributed by atoms with van der Waals surface area (Å²) in [5.74, 6) is 0. The molecule has 0 spiro atoms. The van der Waals surface area contributed by atoms with Crippen molar-refractivity contribution in [2.75, 3.05) is 5.32 Å². The number of nitrogens with one attached hydrogen (secondary N) is 1. The Hall–Kier alpha value is -1.51. The highest BCUT2D eigenvalue weighted by molar-refractivity contribution is 9.10. The standard InChI is InChI=1S/C17H13BrClN/c18-16-10-14(19)9-8-13(16)11-20-17-7-3-5-12-4-1-2-6-15(12)17/h1-10,20H,11H2. The molecule has 0 aliphatic heterocycles. The zero-order valence-corrected chi connectivity index (χ0v) is 13.1. The number of anilines is 1. The van der Waals surface area contributed by atoms with Crippen LogP contribution in [0.2, 0.25) is 5.02 Å². The molecular weight excluding hydrogens is 334 g/mol. The van der Waals surface area contributed by atoms with Crippen LogP contribution in [0.1, 0.15) is 5.56 Å². The fourth-order valence-corrected chi connectivity index (χ4v) is 3.06. The first-order valence-electron chi connectivity index (χ1n) is 6.39. The highest BCUT2D eigenvalue weighted by atomic mass is 79.9. The van der Waals surface area contributed by atoms with Crippen LogP contribution < -0.4 is 5.32 Å². The maximum atomic E-state index is 5.96. The largest absolute Gasteiger partial charge is 0.380 e. The Morgan fingerprint density at radius 3 is 2.60 bits per heavy atom. The summed E-state index contributed by atoms with van der Waals surface area (Å²) >= 11 is 9.51. The average molecular weight is 347 g/mol. The second kappa shape index (κ2) is 5.86. The van der Waals surface area contributed by atoms with Crippen molar-refractivity contribution in [2.24, 2.45) is 0 Å². The van der Waals surface area contributed by atoms with E-state index in [1.54, 1.807) is 0 Å². The van der Waals surface area contributed by atoms with E-state index in [-0.39, 0.29) is 0 Å². The van der Waals surface area contributed by atoms with Crippen LogP contribution in [-0.2, 0) is 6.54 Å². The van der Waals surface area contributed by atoms with E-state index >= 15 is 0 Å². The topological polar surface area (TPSA) is 12.0 Å². The van der Waals surface area contributed by atoms with E-state index in [1.807, 2.05) is 18.2 Å². The Bertz CT molecular complexity index is 750. The van der Waals surface area contributed by atoms with Gasteiger partial charge in [-0.3, -0.25) is 0 Å². The predicted molar refractivity (Wildman–Crippen MR) is 90.4 cm³/mol. The van der Waals surface area contributed by atoms with Gasteiger partial charge in [-0.15, -0.1) is 0 Å². The van der Waals surface area contributed by atoms with E-state index < -0.39 is 0 Å². The lowest BCUT2D eigenvalue weighted by molar-refractivity contribution is 1.14. The average Bonchev–Trinajstić information content (AvgIpc) is 2.46. The molecule has 0 aliphatic carbocycles. The van der Waals surface area contributed by atoms with Crippen molar-refractivity contribution in [3.8, 4) is 0 Å². The van der Waals surface area contributed by atoms with E-state index in [0.29, 0.717) is 0 Å². The maximum absolute atomic E-state index is 5.96. The highest BCUT2D eigenvalue weighted by Gasteiger charge is 2.03. The third kappa shape index (κ3) is 2.82. The number of halogens is 2. The van der Waals surface area contributed by atoms with Crippen LogP contribution in [0.3, 0.4) is 0 Å². The lowest BCUT2D eigenvalue weighted by atomic mass is 10.1. The molecule has 0 heterocycles. The second-order valence-electron chi connectivity index (χ2n) is 4.62. The van der Waals surface area contributed by atoms with Gasteiger partial charge in [0.1, 0.15) is 0 Å². The van der Waals surface area contributed by atoms with Gasteiger partial charge in [-0.05, 0) is 29.1 Å². The molecule has 0 bridgehead atoms. The number of benzene rings is 3. The SMILES string of the molecule is Clc1ccc(CNc2cccc3ccccc23)c(Br)c1. The summed E-state index contributed by atoms with van der Waals surface area (Å²) in [6, 6.07) is 20.5. The van der Waals surface area contributed by atoms with Crippen molar-refractivity contribution >= 4 is 44.0 Å². The Morgan fingerprint density at radius 1 is 0.950 bits per heavy atom. The lowest BCUT2D eigenvalue weighted by Crippen LogP contribution is -2.00. The van der Waals surface area contributed by atoms with E-state index in [4.69, 9.17) is 11.6 Å². The third-order valence-electron chi connectivity index (χ3n) is 3.27.